The quantitative estimate of drug-likeness (QED) is 0.613. The van der Waals surface area contributed by atoms with Gasteiger partial charge in [0, 0.05) is 6.92 Å². The van der Waals surface area contributed by atoms with E-state index in [2.05, 4.69) is 4.98 Å². The molecule has 0 saturated heterocycles. The maximum absolute atomic E-state index is 10.7. The fourth-order valence-corrected chi connectivity index (χ4v) is 1.27. The van der Waals surface area contributed by atoms with Gasteiger partial charge in [0.25, 0.3) is 0 Å². The maximum atomic E-state index is 10.7. The zero-order chi connectivity index (χ0) is 8.97. The van der Waals surface area contributed by atoms with Gasteiger partial charge in [-0.2, -0.15) is 5.26 Å². The van der Waals surface area contributed by atoms with Gasteiger partial charge in [-0.15, -0.1) is 0 Å². The van der Waals surface area contributed by atoms with Crippen LogP contribution in [-0.4, -0.2) is 10.1 Å². The molecule has 1 aromatic heterocycles. The molecule has 0 amide bonds. The number of pyridine rings is 1. The lowest BCUT2D eigenvalue weighted by molar-refractivity contribution is -0.109. The molecule has 1 aromatic rings. The summed E-state index contributed by atoms with van der Waals surface area (Å²) in [7, 11) is 0. The van der Waals surface area contributed by atoms with E-state index in [0.29, 0.717) is 10.7 Å². The van der Waals surface area contributed by atoms with E-state index >= 15 is 0 Å². The van der Waals surface area contributed by atoms with Crippen LogP contribution < -0.4 is 0 Å². The first-order chi connectivity index (χ1) is 5.72. The summed E-state index contributed by atoms with van der Waals surface area (Å²) < 4.78 is 0. The fourth-order valence-electron chi connectivity index (χ4n) is 0.681. The standard InChI is InChI=1S/C8H6N2OS/c1-6(11)12-8-4-2-3-7(5-9)10-8/h2-4H,1H3. The van der Waals surface area contributed by atoms with E-state index in [1.165, 1.54) is 6.92 Å². The number of rotatable bonds is 1. The van der Waals surface area contributed by atoms with E-state index in [4.69, 9.17) is 5.26 Å². The van der Waals surface area contributed by atoms with Crippen molar-refractivity contribution < 1.29 is 4.79 Å². The first-order valence-electron chi connectivity index (χ1n) is 3.28. The summed E-state index contributed by atoms with van der Waals surface area (Å²) in [5, 5.41) is 9.03. The third kappa shape index (κ3) is 2.36. The highest BCUT2D eigenvalue weighted by molar-refractivity contribution is 8.13. The number of carbonyl (C=O) groups excluding carboxylic acids is 1. The Morgan fingerprint density at radius 2 is 2.42 bits per heavy atom. The molecule has 0 atom stereocenters. The second-order valence-corrected chi connectivity index (χ2v) is 3.26. The number of aromatic nitrogens is 1. The third-order valence-electron chi connectivity index (χ3n) is 1.09. The molecule has 0 bridgehead atoms. The molecular weight excluding hydrogens is 172 g/mol. The summed E-state index contributed by atoms with van der Waals surface area (Å²) in [6, 6.07) is 6.91. The monoisotopic (exact) mass is 178 g/mol. The van der Waals surface area contributed by atoms with Crippen LogP contribution in [0.5, 0.6) is 0 Å². The Hall–Kier alpha value is -1.34. The maximum Gasteiger partial charge on any atom is 0.192 e. The Balaban J connectivity index is 2.88. The third-order valence-corrected chi connectivity index (χ3v) is 1.81. The molecule has 3 nitrogen and oxygen atoms in total. The topological polar surface area (TPSA) is 53.8 Å². The van der Waals surface area contributed by atoms with Crippen molar-refractivity contribution in [3.8, 4) is 6.07 Å². The molecule has 60 valence electrons. The molecule has 0 aliphatic carbocycles. The average Bonchev–Trinajstić information content (AvgIpc) is 2.03. The van der Waals surface area contributed by atoms with Gasteiger partial charge in [0.1, 0.15) is 16.8 Å². The fraction of sp³-hybridized carbons (Fsp3) is 0.125. The van der Waals surface area contributed by atoms with Crippen molar-refractivity contribution in [1.82, 2.24) is 4.98 Å². The van der Waals surface area contributed by atoms with Crippen LogP contribution in [0.2, 0.25) is 0 Å². The summed E-state index contributed by atoms with van der Waals surface area (Å²) in [5.74, 6) is 0. The number of nitrogens with zero attached hydrogens (tertiary/aromatic N) is 2. The lowest BCUT2D eigenvalue weighted by Gasteiger charge is -1.94. The van der Waals surface area contributed by atoms with E-state index < -0.39 is 0 Å². The van der Waals surface area contributed by atoms with Gasteiger partial charge in [0.2, 0.25) is 0 Å². The van der Waals surface area contributed by atoms with Gasteiger partial charge in [0.05, 0.1) is 0 Å². The Morgan fingerprint density at radius 3 is 3.00 bits per heavy atom. The zero-order valence-electron chi connectivity index (χ0n) is 6.44. The lowest BCUT2D eigenvalue weighted by atomic mass is 10.4. The first-order valence-corrected chi connectivity index (χ1v) is 4.09. The Kier molecular flexibility index (Phi) is 2.83. The van der Waals surface area contributed by atoms with Gasteiger partial charge < -0.3 is 0 Å². The molecule has 0 fully saturated rings. The minimum atomic E-state index is -0.0300. The molecule has 12 heavy (non-hydrogen) atoms. The van der Waals surface area contributed by atoms with Crippen LogP contribution in [0, 0.1) is 11.3 Å². The van der Waals surface area contributed by atoms with Crippen LogP contribution in [0.3, 0.4) is 0 Å². The Morgan fingerprint density at radius 1 is 1.67 bits per heavy atom. The average molecular weight is 178 g/mol. The van der Waals surface area contributed by atoms with Crippen molar-refractivity contribution >= 4 is 16.9 Å². The summed E-state index contributed by atoms with van der Waals surface area (Å²) in [4.78, 5) is 14.6. The highest BCUT2D eigenvalue weighted by Crippen LogP contribution is 2.15. The van der Waals surface area contributed by atoms with Gasteiger partial charge in [-0.1, -0.05) is 6.07 Å². The van der Waals surface area contributed by atoms with E-state index in [9.17, 15) is 4.79 Å². The largest absolute Gasteiger partial charge is 0.287 e. The van der Waals surface area contributed by atoms with E-state index in [1.54, 1.807) is 18.2 Å². The number of thioether (sulfide) groups is 1. The molecule has 0 radical (unpaired) electrons. The van der Waals surface area contributed by atoms with Crippen LogP contribution in [0.4, 0.5) is 0 Å². The van der Waals surface area contributed by atoms with Gasteiger partial charge in [-0.25, -0.2) is 4.98 Å². The minimum absolute atomic E-state index is 0.0300. The van der Waals surface area contributed by atoms with Crippen molar-refractivity contribution in [3.05, 3.63) is 23.9 Å². The van der Waals surface area contributed by atoms with Crippen LogP contribution in [-0.2, 0) is 4.79 Å². The van der Waals surface area contributed by atoms with Gasteiger partial charge >= 0.3 is 0 Å². The van der Waals surface area contributed by atoms with Gasteiger partial charge in [-0.3, -0.25) is 4.79 Å². The van der Waals surface area contributed by atoms with E-state index in [0.717, 1.165) is 11.8 Å². The number of nitriles is 1. The second kappa shape index (κ2) is 3.88. The van der Waals surface area contributed by atoms with Crippen LogP contribution in [0.1, 0.15) is 12.6 Å². The lowest BCUT2D eigenvalue weighted by Crippen LogP contribution is -1.87. The molecule has 0 aromatic carbocycles. The summed E-state index contributed by atoms with van der Waals surface area (Å²) >= 11 is 1.03. The molecule has 0 saturated carbocycles. The molecule has 0 aliphatic rings. The smallest absolute Gasteiger partial charge is 0.192 e. The summed E-state index contributed by atoms with van der Waals surface area (Å²) in [6.07, 6.45) is 0. The van der Waals surface area contributed by atoms with Crippen LogP contribution in [0.15, 0.2) is 23.2 Å². The molecule has 4 heteroatoms. The number of hydrogen-bond acceptors (Lipinski definition) is 4. The minimum Gasteiger partial charge on any atom is -0.287 e. The van der Waals surface area contributed by atoms with Crippen LogP contribution >= 0.6 is 11.8 Å². The van der Waals surface area contributed by atoms with Crippen LogP contribution in [0.25, 0.3) is 0 Å². The van der Waals surface area contributed by atoms with Gasteiger partial charge in [-0.05, 0) is 23.9 Å². The van der Waals surface area contributed by atoms with Crippen molar-refractivity contribution in [2.45, 2.75) is 11.9 Å². The highest BCUT2D eigenvalue weighted by Gasteiger charge is 2.00. The number of carbonyl (C=O) groups is 1. The summed E-state index contributed by atoms with van der Waals surface area (Å²) in [5.41, 5.74) is 0.334. The predicted octanol–water partition coefficient (Wildman–Crippen LogP) is 1.59. The Bertz CT molecular complexity index is 343. The zero-order valence-corrected chi connectivity index (χ0v) is 7.26. The second-order valence-electron chi connectivity index (χ2n) is 2.07. The first kappa shape index (κ1) is 8.75. The molecule has 0 unspecified atom stereocenters. The van der Waals surface area contributed by atoms with Gasteiger partial charge in [0.15, 0.2) is 5.12 Å². The summed E-state index contributed by atoms with van der Waals surface area (Å²) in [6.45, 7) is 1.46. The van der Waals surface area contributed by atoms with Crippen molar-refractivity contribution in [1.29, 1.82) is 5.26 Å². The normalized spacial score (nSPS) is 9.00. The highest BCUT2D eigenvalue weighted by atomic mass is 32.2. The molecule has 1 rings (SSSR count). The van der Waals surface area contributed by atoms with Crippen molar-refractivity contribution in [2.75, 3.05) is 0 Å². The molecule has 1 heterocycles. The SMILES string of the molecule is CC(=O)Sc1cccc(C#N)n1. The number of hydrogen-bond donors (Lipinski definition) is 0. The van der Waals surface area contributed by atoms with E-state index in [1.807, 2.05) is 6.07 Å². The molecular formula is C8H6N2OS. The molecule has 0 N–H and O–H groups in total. The Labute approximate surface area is 74.4 Å². The van der Waals surface area contributed by atoms with Crippen molar-refractivity contribution in [3.63, 3.8) is 0 Å². The van der Waals surface area contributed by atoms with E-state index in [-0.39, 0.29) is 5.12 Å². The molecule has 0 aliphatic heterocycles. The van der Waals surface area contributed by atoms with Crippen molar-refractivity contribution in [2.24, 2.45) is 0 Å². The molecule has 0 spiro atoms. The predicted molar refractivity (Wildman–Crippen MR) is 45.5 cm³/mol.